The molecule has 7 nitrogen and oxygen atoms in total. The van der Waals surface area contributed by atoms with Crippen LogP contribution in [0, 0.1) is 36.8 Å². The third kappa shape index (κ3) is 6.21. The Morgan fingerprint density at radius 3 is 2.25 bits per heavy atom. The van der Waals surface area contributed by atoms with Crippen molar-refractivity contribution in [1.29, 1.82) is 10.5 Å². The van der Waals surface area contributed by atoms with Crippen molar-refractivity contribution in [2.24, 2.45) is 8.73 Å². The summed E-state index contributed by atoms with van der Waals surface area (Å²) in [5.74, 6) is 1.59. The van der Waals surface area contributed by atoms with Gasteiger partial charge in [0.05, 0.1) is 15.0 Å². The fourth-order valence-corrected chi connectivity index (χ4v) is 8.16. The minimum Gasteiger partial charge on any atom is -0.261 e. The van der Waals surface area contributed by atoms with Gasteiger partial charge < -0.3 is 0 Å². The van der Waals surface area contributed by atoms with Crippen molar-refractivity contribution in [3.05, 3.63) is 59.2 Å². The Morgan fingerprint density at radius 2 is 1.69 bits per heavy atom. The van der Waals surface area contributed by atoms with E-state index in [1.54, 1.807) is 12.4 Å². The Bertz CT molecular complexity index is 1140. The summed E-state index contributed by atoms with van der Waals surface area (Å²) < 4.78 is 20.0. The lowest BCUT2D eigenvalue weighted by molar-refractivity contribution is 0.672. The molecule has 2 aromatic rings. The monoisotopic (exact) mass is 473 g/mol. The molecule has 172 valence electrons. The second kappa shape index (κ2) is 11.8. The molecule has 2 aliphatic heterocycles. The molecule has 2 saturated heterocycles. The second-order valence-corrected chi connectivity index (χ2v) is 12.1. The van der Waals surface area contributed by atoms with Crippen LogP contribution in [0.3, 0.4) is 0 Å². The normalized spacial score (nSPS) is 26.2. The van der Waals surface area contributed by atoms with Gasteiger partial charge in [0, 0.05) is 42.0 Å². The summed E-state index contributed by atoms with van der Waals surface area (Å²) in [6.07, 6.45) is 11.3. The molecule has 4 unspecified atom stereocenters. The number of nitriles is 2. The molecular weight excluding hydrogens is 440 g/mol. The lowest BCUT2D eigenvalue weighted by atomic mass is 10.1. The van der Waals surface area contributed by atoms with Gasteiger partial charge in [0.25, 0.3) is 0 Å². The SMILES string of the molecule is C.Cc1ccc(C2CCCS2(=O)=NC#N)cn1.Cc1ccc(C2CCCS2=NC#N)cn1.[2HH]. The third-order valence-electron chi connectivity index (χ3n) is 5.46. The number of aryl methyl sites for hydroxylation is 2. The van der Waals surface area contributed by atoms with Crippen LogP contribution in [0.1, 0.15) is 67.6 Å². The van der Waals surface area contributed by atoms with Crippen LogP contribution in [0.4, 0.5) is 0 Å². The molecular formula is C23H32N6OS2. The standard InChI is InChI=1S/C11H13N3OS.C11H13N3S.CH4.H2/c1-9-4-5-10(7-13-9)11-3-2-6-16(11,15)14-8-12;1-9-4-5-10(7-13-9)11-3-2-6-15(11)14-8-12;;/h4-5,7,11H,2-3,6H2,1H3;4-5,7,11H,2-3,6H2,1H3;1H4;1H/i;;;1+1. The lowest BCUT2D eigenvalue weighted by Crippen LogP contribution is -2.08. The Kier molecular flexibility index (Phi) is 9.49. The first-order chi connectivity index (χ1) is 15.0. The topological polar surface area (TPSA) is 115 Å². The molecule has 2 aromatic heterocycles. The molecule has 0 aliphatic carbocycles. The molecule has 2 fully saturated rings. The first kappa shape index (κ1) is 25.6. The van der Waals surface area contributed by atoms with E-state index >= 15 is 0 Å². The van der Waals surface area contributed by atoms with Crippen LogP contribution in [0.25, 0.3) is 0 Å². The molecule has 2 aliphatic rings. The first-order valence-corrected chi connectivity index (χ1v) is 13.4. The largest absolute Gasteiger partial charge is 0.261 e. The highest BCUT2D eigenvalue weighted by Gasteiger charge is 2.31. The maximum Gasteiger partial charge on any atom is 0.214 e. The highest BCUT2D eigenvalue weighted by Crippen LogP contribution is 2.36. The molecule has 0 spiro atoms. The number of pyridine rings is 2. The molecule has 0 N–H and O–H groups in total. The average Bonchev–Trinajstić information content (AvgIpc) is 3.37. The molecule has 0 aromatic carbocycles. The van der Waals surface area contributed by atoms with Crippen LogP contribution < -0.4 is 0 Å². The first-order valence-electron chi connectivity index (χ1n) is 10.2. The average molecular weight is 474 g/mol. The van der Waals surface area contributed by atoms with Crippen molar-refractivity contribution in [1.82, 2.24) is 9.97 Å². The number of nitrogens with zero attached hydrogens (tertiary/aromatic N) is 6. The Morgan fingerprint density at radius 1 is 1.03 bits per heavy atom. The molecule has 4 rings (SSSR count). The van der Waals surface area contributed by atoms with Gasteiger partial charge in [0.2, 0.25) is 12.4 Å². The maximum atomic E-state index is 12.4. The van der Waals surface area contributed by atoms with Gasteiger partial charge in [0.1, 0.15) is 0 Å². The minimum absolute atomic E-state index is 0. The summed E-state index contributed by atoms with van der Waals surface area (Å²) in [5.41, 5.74) is 4.15. The molecule has 32 heavy (non-hydrogen) atoms. The van der Waals surface area contributed by atoms with Gasteiger partial charge in [-0.25, -0.2) is 4.21 Å². The highest BCUT2D eigenvalue weighted by molar-refractivity contribution is 7.94. The van der Waals surface area contributed by atoms with Gasteiger partial charge in [0.15, 0.2) is 0 Å². The number of hydrogen-bond donors (Lipinski definition) is 0. The Hall–Kier alpha value is -2.62. The summed E-state index contributed by atoms with van der Waals surface area (Å²) in [7, 11) is -2.49. The summed E-state index contributed by atoms with van der Waals surface area (Å²) in [5, 5.41) is 17.5. The zero-order valence-corrected chi connectivity index (χ0v) is 19.4. The van der Waals surface area contributed by atoms with Crippen LogP contribution in [-0.2, 0) is 20.4 Å². The van der Waals surface area contributed by atoms with Crippen LogP contribution in [0.15, 0.2) is 45.4 Å². The van der Waals surface area contributed by atoms with Gasteiger partial charge in [-0.2, -0.15) is 14.9 Å². The third-order valence-corrected chi connectivity index (χ3v) is 10.3. The van der Waals surface area contributed by atoms with Gasteiger partial charge in [-0.3, -0.25) is 9.97 Å². The second-order valence-electron chi connectivity index (χ2n) is 7.61. The lowest BCUT2D eigenvalue weighted by Gasteiger charge is -2.11. The van der Waals surface area contributed by atoms with Crippen LogP contribution in [-0.4, -0.2) is 25.7 Å². The van der Waals surface area contributed by atoms with Crippen molar-refractivity contribution >= 4 is 20.4 Å². The molecule has 0 saturated carbocycles. The van der Waals surface area contributed by atoms with E-state index < -0.39 is 9.73 Å². The highest BCUT2D eigenvalue weighted by atomic mass is 32.2. The molecule has 4 atom stereocenters. The van der Waals surface area contributed by atoms with E-state index in [4.69, 9.17) is 10.5 Å². The number of rotatable bonds is 2. The van der Waals surface area contributed by atoms with Crippen molar-refractivity contribution in [2.75, 3.05) is 11.5 Å². The fraction of sp³-hybridized carbons (Fsp3) is 0.478. The fourth-order valence-electron chi connectivity index (χ4n) is 3.88. The van der Waals surface area contributed by atoms with Crippen LogP contribution in [0.2, 0.25) is 0 Å². The van der Waals surface area contributed by atoms with Crippen molar-refractivity contribution in [3.8, 4) is 12.4 Å². The Balaban J connectivity index is 0.000000312. The van der Waals surface area contributed by atoms with E-state index in [0.717, 1.165) is 42.0 Å². The number of aromatic nitrogens is 2. The van der Waals surface area contributed by atoms with E-state index in [9.17, 15) is 4.21 Å². The van der Waals surface area contributed by atoms with Gasteiger partial charge in [-0.15, -0.1) is 4.36 Å². The maximum absolute atomic E-state index is 12.4. The van der Waals surface area contributed by atoms with E-state index in [1.165, 1.54) is 12.0 Å². The molecule has 0 bridgehead atoms. The molecule has 0 radical (unpaired) electrons. The predicted molar refractivity (Wildman–Crippen MR) is 132 cm³/mol. The quantitative estimate of drug-likeness (QED) is 0.529. The van der Waals surface area contributed by atoms with E-state index in [-0.39, 0.29) is 24.8 Å². The zero-order valence-electron chi connectivity index (χ0n) is 17.8. The van der Waals surface area contributed by atoms with E-state index in [2.05, 4.69) is 24.8 Å². The van der Waals surface area contributed by atoms with Crippen molar-refractivity contribution < 1.29 is 5.64 Å². The minimum atomic E-state index is -2.39. The van der Waals surface area contributed by atoms with Crippen molar-refractivity contribution in [3.63, 3.8) is 0 Å². The van der Waals surface area contributed by atoms with Crippen LogP contribution >= 0.6 is 0 Å². The molecule has 4 heterocycles. The summed E-state index contributed by atoms with van der Waals surface area (Å²) >= 11 is 0. The van der Waals surface area contributed by atoms with Gasteiger partial charge in [-0.1, -0.05) is 30.3 Å². The van der Waals surface area contributed by atoms with Gasteiger partial charge in [-0.05, 0) is 62.8 Å². The van der Waals surface area contributed by atoms with Crippen molar-refractivity contribution in [2.45, 2.75) is 57.5 Å². The van der Waals surface area contributed by atoms with E-state index in [0.29, 0.717) is 11.0 Å². The Labute approximate surface area is 195 Å². The summed E-state index contributed by atoms with van der Waals surface area (Å²) in [6.45, 7) is 3.90. The van der Waals surface area contributed by atoms with Gasteiger partial charge >= 0.3 is 0 Å². The summed E-state index contributed by atoms with van der Waals surface area (Å²) in [4.78, 5) is 8.50. The summed E-state index contributed by atoms with van der Waals surface area (Å²) in [6, 6.07) is 7.98. The molecule has 9 heteroatoms. The zero-order chi connectivity index (χ0) is 22.3. The van der Waals surface area contributed by atoms with E-state index in [1.807, 2.05) is 44.4 Å². The smallest absolute Gasteiger partial charge is 0.214 e. The van der Waals surface area contributed by atoms with Crippen LogP contribution in [0.5, 0.6) is 0 Å². The number of hydrogen-bond acceptors (Lipinski definition) is 7. The molecule has 0 amide bonds. The predicted octanol–water partition coefficient (Wildman–Crippen LogP) is 5.56.